The summed E-state index contributed by atoms with van der Waals surface area (Å²) in [7, 11) is 2.13. The molecule has 1 atom stereocenters. The molecule has 2 aliphatic rings. The Morgan fingerprint density at radius 3 is 2.71 bits per heavy atom. The SMILES string of the molecule is CN1CCN(C(=S)OCC2CSC(=S)S2)CC1. The van der Waals surface area contributed by atoms with Gasteiger partial charge in [0.1, 0.15) is 10.1 Å². The molecule has 2 fully saturated rings. The standard InChI is InChI=1S/C10H16N2OS4/c1-11-2-4-12(5-3-11)9(14)13-6-8-7-16-10(15)17-8/h8H,2-7H2,1H3. The van der Waals surface area contributed by atoms with Crippen molar-refractivity contribution in [3.05, 3.63) is 0 Å². The average molecular weight is 309 g/mol. The predicted molar refractivity (Wildman–Crippen MR) is 84.1 cm³/mol. The molecule has 0 radical (unpaired) electrons. The molecule has 7 heteroatoms. The fraction of sp³-hybridized carbons (Fsp3) is 0.800. The highest BCUT2D eigenvalue weighted by atomic mass is 32.2. The molecule has 0 bridgehead atoms. The van der Waals surface area contributed by atoms with Gasteiger partial charge in [-0.2, -0.15) is 0 Å². The maximum Gasteiger partial charge on any atom is 0.259 e. The lowest BCUT2D eigenvalue weighted by molar-refractivity contribution is 0.175. The van der Waals surface area contributed by atoms with Crippen LogP contribution in [0.2, 0.25) is 0 Å². The smallest absolute Gasteiger partial charge is 0.259 e. The lowest BCUT2D eigenvalue weighted by Crippen LogP contribution is -2.47. The zero-order valence-electron chi connectivity index (χ0n) is 9.76. The summed E-state index contributed by atoms with van der Waals surface area (Å²) in [5, 5.41) is 1.12. The second kappa shape index (κ2) is 6.56. The van der Waals surface area contributed by atoms with Gasteiger partial charge < -0.3 is 14.5 Å². The lowest BCUT2D eigenvalue weighted by Gasteiger charge is -2.33. The largest absolute Gasteiger partial charge is 0.470 e. The molecule has 1 unspecified atom stereocenters. The maximum atomic E-state index is 5.69. The van der Waals surface area contributed by atoms with E-state index in [1.54, 1.807) is 23.5 Å². The van der Waals surface area contributed by atoms with Gasteiger partial charge >= 0.3 is 0 Å². The molecule has 0 saturated carbocycles. The van der Waals surface area contributed by atoms with Gasteiger partial charge in [0.2, 0.25) is 0 Å². The molecule has 0 aliphatic carbocycles. The number of nitrogens with zero attached hydrogens (tertiary/aromatic N) is 2. The Hall–Kier alpha value is 0.440. The maximum absolute atomic E-state index is 5.69. The Morgan fingerprint density at radius 1 is 1.41 bits per heavy atom. The van der Waals surface area contributed by atoms with Crippen molar-refractivity contribution in [2.24, 2.45) is 0 Å². The van der Waals surface area contributed by atoms with Crippen LogP contribution in [0.1, 0.15) is 0 Å². The van der Waals surface area contributed by atoms with Crippen LogP contribution < -0.4 is 0 Å². The molecule has 17 heavy (non-hydrogen) atoms. The van der Waals surface area contributed by atoms with Gasteiger partial charge in [-0.25, -0.2) is 0 Å². The van der Waals surface area contributed by atoms with Gasteiger partial charge in [-0.1, -0.05) is 24.0 Å². The fourth-order valence-electron chi connectivity index (χ4n) is 1.69. The minimum Gasteiger partial charge on any atom is -0.470 e. The van der Waals surface area contributed by atoms with Gasteiger partial charge in [0.15, 0.2) is 0 Å². The van der Waals surface area contributed by atoms with E-state index in [-0.39, 0.29) is 0 Å². The molecule has 2 heterocycles. The van der Waals surface area contributed by atoms with Crippen molar-refractivity contribution in [1.29, 1.82) is 0 Å². The summed E-state index contributed by atoms with van der Waals surface area (Å²) in [6, 6.07) is 0. The predicted octanol–water partition coefficient (Wildman–Crippen LogP) is 1.67. The summed E-state index contributed by atoms with van der Waals surface area (Å²) in [5.74, 6) is 1.05. The van der Waals surface area contributed by atoms with Gasteiger partial charge in [-0.15, -0.1) is 11.8 Å². The van der Waals surface area contributed by atoms with Crippen LogP contribution in [0.25, 0.3) is 0 Å². The van der Waals surface area contributed by atoms with Crippen LogP contribution in [0.15, 0.2) is 0 Å². The van der Waals surface area contributed by atoms with E-state index in [4.69, 9.17) is 29.2 Å². The summed E-state index contributed by atoms with van der Waals surface area (Å²) in [6.45, 7) is 4.74. The van der Waals surface area contributed by atoms with Crippen LogP contribution in [-0.4, -0.2) is 69.3 Å². The number of thioether (sulfide) groups is 2. The summed E-state index contributed by atoms with van der Waals surface area (Å²) < 4.78 is 6.73. The highest BCUT2D eigenvalue weighted by Crippen LogP contribution is 2.33. The summed E-state index contributed by atoms with van der Waals surface area (Å²) in [4.78, 5) is 4.46. The molecule has 0 aromatic rings. The molecule has 0 amide bonds. The number of hydrogen-bond donors (Lipinski definition) is 0. The molecule has 0 N–H and O–H groups in total. The monoisotopic (exact) mass is 308 g/mol. The highest BCUT2D eigenvalue weighted by molar-refractivity contribution is 8.49. The first-order valence-corrected chi connectivity index (χ1v) is 8.27. The Kier molecular flexibility index (Phi) is 5.35. The molecule has 96 valence electrons. The zero-order valence-corrected chi connectivity index (χ0v) is 13.0. The number of hydrogen-bond acceptors (Lipinski definition) is 6. The first-order valence-electron chi connectivity index (χ1n) is 5.59. The van der Waals surface area contributed by atoms with Crippen molar-refractivity contribution >= 4 is 56.7 Å². The third kappa shape index (κ3) is 4.24. The van der Waals surface area contributed by atoms with E-state index < -0.39 is 0 Å². The highest BCUT2D eigenvalue weighted by Gasteiger charge is 2.23. The molecular weight excluding hydrogens is 292 g/mol. The first kappa shape index (κ1) is 13.9. The van der Waals surface area contributed by atoms with Crippen molar-refractivity contribution < 1.29 is 4.74 Å². The van der Waals surface area contributed by atoms with Crippen LogP contribution >= 0.6 is 48.0 Å². The molecule has 2 saturated heterocycles. The van der Waals surface area contributed by atoms with E-state index >= 15 is 0 Å². The second-order valence-electron chi connectivity index (χ2n) is 4.17. The molecule has 3 nitrogen and oxygen atoms in total. The third-order valence-electron chi connectivity index (χ3n) is 2.80. The van der Waals surface area contributed by atoms with E-state index in [2.05, 4.69) is 16.8 Å². The number of piperazine rings is 1. The van der Waals surface area contributed by atoms with Gasteiger partial charge in [-0.3, -0.25) is 0 Å². The molecule has 2 rings (SSSR count). The van der Waals surface area contributed by atoms with Crippen LogP contribution in [0.4, 0.5) is 0 Å². The second-order valence-corrected chi connectivity index (χ2v) is 8.04. The fourth-order valence-corrected chi connectivity index (χ4v) is 4.74. The molecule has 0 aromatic heterocycles. The van der Waals surface area contributed by atoms with E-state index in [1.807, 2.05) is 0 Å². The molecule has 0 spiro atoms. The van der Waals surface area contributed by atoms with Gasteiger partial charge in [-0.05, 0) is 19.3 Å². The van der Waals surface area contributed by atoms with Crippen LogP contribution in [0.5, 0.6) is 0 Å². The van der Waals surface area contributed by atoms with Crippen molar-refractivity contribution in [1.82, 2.24) is 9.80 Å². The quantitative estimate of drug-likeness (QED) is 0.712. The van der Waals surface area contributed by atoms with Crippen LogP contribution in [0, 0.1) is 0 Å². The van der Waals surface area contributed by atoms with E-state index in [0.29, 0.717) is 17.0 Å². The minimum atomic E-state index is 0.470. The third-order valence-corrected chi connectivity index (χ3v) is 6.31. The zero-order chi connectivity index (χ0) is 12.3. The molecular formula is C10H16N2OS4. The summed E-state index contributed by atoms with van der Waals surface area (Å²) in [5.41, 5.74) is 0. The normalized spacial score (nSPS) is 26.3. The van der Waals surface area contributed by atoms with Crippen molar-refractivity contribution in [2.75, 3.05) is 45.6 Å². The summed E-state index contributed by atoms with van der Waals surface area (Å²) in [6.07, 6.45) is 0. The Labute approximate surface area is 122 Å². The number of thiocarbonyl (C=S) groups is 2. The van der Waals surface area contributed by atoms with Crippen molar-refractivity contribution in [3.63, 3.8) is 0 Å². The topological polar surface area (TPSA) is 15.7 Å². The average Bonchev–Trinajstić information content (AvgIpc) is 2.73. The van der Waals surface area contributed by atoms with Crippen LogP contribution in [0.3, 0.4) is 0 Å². The number of likely N-dealkylation sites (N-methyl/N-ethyl adjacent to an activating group) is 1. The lowest BCUT2D eigenvalue weighted by atomic mass is 10.3. The summed E-state index contributed by atoms with van der Waals surface area (Å²) >= 11 is 13.9. The Bertz CT molecular complexity index is 305. The number of rotatable bonds is 2. The Balaban J connectivity index is 1.68. The van der Waals surface area contributed by atoms with Crippen molar-refractivity contribution in [2.45, 2.75) is 5.25 Å². The van der Waals surface area contributed by atoms with Gasteiger partial charge in [0, 0.05) is 31.9 Å². The first-order chi connectivity index (χ1) is 8.15. The van der Waals surface area contributed by atoms with E-state index in [9.17, 15) is 0 Å². The minimum absolute atomic E-state index is 0.470. The van der Waals surface area contributed by atoms with Crippen LogP contribution in [-0.2, 0) is 4.74 Å². The van der Waals surface area contributed by atoms with Crippen molar-refractivity contribution in [3.8, 4) is 0 Å². The number of ether oxygens (including phenoxy) is 1. The van der Waals surface area contributed by atoms with E-state index in [1.165, 1.54) is 0 Å². The Morgan fingerprint density at radius 2 is 2.12 bits per heavy atom. The van der Waals surface area contributed by atoms with E-state index in [0.717, 1.165) is 35.5 Å². The molecule has 0 aromatic carbocycles. The van der Waals surface area contributed by atoms with Gasteiger partial charge in [0.05, 0.1) is 5.25 Å². The molecule has 2 aliphatic heterocycles. The van der Waals surface area contributed by atoms with Gasteiger partial charge in [0.25, 0.3) is 5.17 Å².